The van der Waals surface area contributed by atoms with Crippen molar-refractivity contribution < 1.29 is 19.1 Å². The number of carbonyl (C=O) groups excluding carboxylic acids is 3. The fourth-order valence-electron chi connectivity index (χ4n) is 3.33. The second-order valence-corrected chi connectivity index (χ2v) is 8.75. The van der Waals surface area contributed by atoms with Gasteiger partial charge in [-0.25, -0.2) is 4.68 Å². The summed E-state index contributed by atoms with van der Waals surface area (Å²) in [5.41, 5.74) is 1.43. The average molecular weight is 427 g/mol. The van der Waals surface area contributed by atoms with E-state index in [1.54, 1.807) is 4.68 Å². The van der Waals surface area contributed by atoms with Crippen LogP contribution >= 0.6 is 0 Å². The first-order valence-corrected chi connectivity index (χ1v) is 10.6. The molecule has 1 aliphatic rings. The van der Waals surface area contributed by atoms with Crippen LogP contribution in [0.25, 0.3) is 5.69 Å². The Morgan fingerprint density at radius 1 is 1.13 bits per heavy atom. The van der Waals surface area contributed by atoms with Crippen LogP contribution < -0.4 is 5.32 Å². The first-order chi connectivity index (χ1) is 14.7. The van der Waals surface area contributed by atoms with Crippen LogP contribution in [0.3, 0.4) is 0 Å². The van der Waals surface area contributed by atoms with Gasteiger partial charge in [0.25, 0.3) is 5.91 Å². The molecule has 166 valence electrons. The van der Waals surface area contributed by atoms with Crippen LogP contribution in [0.15, 0.2) is 36.4 Å². The number of esters is 1. The first-order valence-electron chi connectivity index (χ1n) is 10.6. The standard InChI is InChI=1S/C23H30N4O4/c1-23(2,3)18-14-19(27(25-18)17-10-6-4-7-11-17)24-20(28)16-31-22(30)15-26-13-9-5-8-12-21(26)29/h4,6-7,10-11,14H,5,8-9,12-13,15-16H2,1-3H3,(H,24,28). The Morgan fingerprint density at radius 2 is 1.87 bits per heavy atom. The Bertz CT molecular complexity index is 931. The SMILES string of the molecule is CC(C)(C)c1cc(NC(=O)COC(=O)CN2CCCCCC2=O)n(-c2ccccc2)n1. The molecule has 3 rings (SSSR count). The van der Waals surface area contributed by atoms with Crippen LogP contribution in [0.5, 0.6) is 0 Å². The van der Waals surface area contributed by atoms with E-state index in [4.69, 9.17) is 4.74 Å². The van der Waals surface area contributed by atoms with E-state index in [2.05, 4.69) is 10.4 Å². The van der Waals surface area contributed by atoms with Crippen LogP contribution in [-0.2, 0) is 24.5 Å². The summed E-state index contributed by atoms with van der Waals surface area (Å²) in [6.07, 6.45) is 3.15. The number of para-hydroxylation sites is 1. The lowest BCUT2D eigenvalue weighted by molar-refractivity contribution is -0.151. The van der Waals surface area contributed by atoms with Crippen LogP contribution in [0.4, 0.5) is 5.82 Å². The molecule has 2 aromatic rings. The van der Waals surface area contributed by atoms with E-state index in [9.17, 15) is 14.4 Å². The lowest BCUT2D eigenvalue weighted by Crippen LogP contribution is -2.36. The van der Waals surface area contributed by atoms with Gasteiger partial charge in [-0.1, -0.05) is 45.4 Å². The lowest BCUT2D eigenvalue weighted by atomic mass is 9.92. The van der Waals surface area contributed by atoms with Crippen molar-refractivity contribution >= 4 is 23.6 Å². The molecular formula is C23H30N4O4. The van der Waals surface area contributed by atoms with Crippen LogP contribution in [-0.4, -0.2) is 52.2 Å². The number of nitrogens with zero attached hydrogens (tertiary/aromatic N) is 3. The largest absolute Gasteiger partial charge is 0.454 e. The maximum atomic E-state index is 12.5. The Morgan fingerprint density at radius 3 is 2.58 bits per heavy atom. The molecule has 1 aliphatic heterocycles. The van der Waals surface area contributed by atoms with Gasteiger partial charge < -0.3 is 15.0 Å². The van der Waals surface area contributed by atoms with Crippen molar-refractivity contribution in [1.82, 2.24) is 14.7 Å². The molecule has 0 atom stereocenters. The molecule has 0 unspecified atom stereocenters. The predicted octanol–water partition coefficient (Wildman–Crippen LogP) is 3.05. The molecule has 8 heteroatoms. The number of benzene rings is 1. The molecule has 0 saturated carbocycles. The molecule has 1 N–H and O–H groups in total. The highest BCUT2D eigenvalue weighted by atomic mass is 16.5. The summed E-state index contributed by atoms with van der Waals surface area (Å²) in [6.45, 7) is 6.13. The number of rotatable bonds is 6. The van der Waals surface area contributed by atoms with E-state index in [-0.39, 0.29) is 17.9 Å². The smallest absolute Gasteiger partial charge is 0.326 e. The summed E-state index contributed by atoms with van der Waals surface area (Å²) in [6, 6.07) is 11.3. The molecule has 2 heterocycles. The molecule has 31 heavy (non-hydrogen) atoms. The summed E-state index contributed by atoms with van der Waals surface area (Å²) >= 11 is 0. The molecule has 1 fully saturated rings. The van der Waals surface area contributed by atoms with Gasteiger partial charge in [-0.2, -0.15) is 5.10 Å². The second-order valence-electron chi connectivity index (χ2n) is 8.75. The number of hydrogen-bond acceptors (Lipinski definition) is 5. The van der Waals surface area contributed by atoms with E-state index in [1.165, 1.54) is 4.90 Å². The van der Waals surface area contributed by atoms with Gasteiger partial charge in [0.05, 0.1) is 11.4 Å². The van der Waals surface area contributed by atoms with E-state index < -0.39 is 18.5 Å². The zero-order chi connectivity index (χ0) is 22.4. The maximum absolute atomic E-state index is 12.5. The summed E-state index contributed by atoms with van der Waals surface area (Å²) in [7, 11) is 0. The normalized spacial score (nSPS) is 14.8. The van der Waals surface area contributed by atoms with Gasteiger partial charge in [0.2, 0.25) is 5.91 Å². The molecule has 1 aromatic heterocycles. The van der Waals surface area contributed by atoms with Gasteiger partial charge in [-0.15, -0.1) is 0 Å². The highest BCUT2D eigenvalue weighted by Crippen LogP contribution is 2.26. The molecular weight excluding hydrogens is 396 g/mol. The third-order valence-corrected chi connectivity index (χ3v) is 5.10. The number of carbonyl (C=O) groups is 3. The minimum Gasteiger partial charge on any atom is -0.454 e. The molecule has 8 nitrogen and oxygen atoms in total. The van der Waals surface area contributed by atoms with Gasteiger partial charge in [-0.3, -0.25) is 14.4 Å². The van der Waals surface area contributed by atoms with Crippen molar-refractivity contribution in [2.75, 3.05) is 25.0 Å². The number of anilines is 1. The van der Waals surface area contributed by atoms with Crippen molar-refractivity contribution in [2.45, 2.75) is 51.9 Å². The van der Waals surface area contributed by atoms with Crippen LogP contribution in [0.2, 0.25) is 0 Å². The monoisotopic (exact) mass is 426 g/mol. The highest BCUT2D eigenvalue weighted by Gasteiger charge is 2.23. The predicted molar refractivity (Wildman–Crippen MR) is 117 cm³/mol. The van der Waals surface area contributed by atoms with Gasteiger partial charge in [-0.05, 0) is 25.0 Å². The summed E-state index contributed by atoms with van der Waals surface area (Å²) in [5.74, 6) is -0.592. The van der Waals surface area contributed by atoms with Crippen molar-refractivity contribution in [3.8, 4) is 5.69 Å². The maximum Gasteiger partial charge on any atom is 0.326 e. The third kappa shape index (κ3) is 6.16. The second kappa shape index (κ2) is 9.76. The van der Waals surface area contributed by atoms with Crippen molar-refractivity contribution in [3.63, 3.8) is 0 Å². The number of aromatic nitrogens is 2. The minimum atomic E-state index is -0.586. The molecule has 0 spiro atoms. The van der Waals surface area contributed by atoms with E-state index in [1.807, 2.05) is 57.2 Å². The summed E-state index contributed by atoms with van der Waals surface area (Å²) in [4.78, 5) is 38.1. The number of likely N-dealkylation sites (tertiary alicyclic amines) is 1. The Kier molecular flexibility index (Phi) is 7.09. The fraction of sp³-hybridized carbons (Fsp3) is 0.478. The summed E-state index contributed by atoms with van der Waals surface area (Å²) < 4.78 is 6.78. The van der Waals surface area contributed by atoms with E-state index in [0.29, 0.717) is 18.8 Å². The molecule has 1 saturated heterocycles. The summed E-state index contributed by atoms with van der Waals surface area (Å²) in [5, 5.41) is 7.43. The number of amides is 2. The molecule has 1 aromatic carbocycles. The van der Waals surface area contributed by atoms with Gasteiger partial charge in [0.15, 0.2) is 6.61 Å². The van der Waals surface area contributed by atoms with Gasteiger partial charge >= 0.3 is 5.97 Å². The lowest BCUT2D eigenvalue weighted by Gasteiger charge is -2.19. The zero-order valence-electron chi connectivity index (χ0n) is 18.4. The minimum absolute atomic E-state index is 0.0413. The fourth-order valence-corrected chi connectivity index (χ4v) is 3.33. The van der Waals surface area contributed by atoms with Crippen LogP contribution in [0, 0.1) is 0 Å². The number of ether oxygens (including phenoxy) is 1. The van der Waals surface area contributed by atoms with Crippen molar-refractivity contribution in [2.24, 2.45) is 0 Å². The average Bonchev–Trinajstić information content (AvgIpc) is 3.05. The van der Waals surface area contributed by atoms with Crippen molar-refractivity contribution in [3.05, 3.63) is 42.1 Å². The molecule has 0 aliphatic carbocycles. The van der Waals surface area contributed by atoms with Crippen molar-refractivity contribution in [1.29, 1.82) is 0 Å². The Hall–Kier alpha value is -3.16. The zero-order valence-corrected chi connectivity index (χ0v) is 18.4. The molecule has 0 bridgehead atoms. The molecule has 2 amide bonds. The van der Waals surface area contributed by atoms with E-state index in [0.717, 1.165) is 30.6 Å². The topological polar surface area (TPSA) is 93.5 Å². The first kappa shape index (κ1) is 22.5. The van der Waals surface area contributed by atoms with E-state index >= 15 is 0 Å². The number of nitrogens with one attached hydrogen (secondary N) is 1. The van der Waals surface area contributed by atoms with Crippen LogP contribution in [0.1, 0.15) is 52.1 Å². The quantitative estimate of drug-likeness (QED) is 0.717. The third-order valence-electron chi connectivity index (χ3n) is 5.10. The molecule has 0 radical (unpaired) electrons. The Labute approximate surface area is 182 Å². The highest BCUT2D eigenvalue weighted by molar-refractivity contribution is 5.92. The van der Waals surface area contributed by atoms with Gasteiger partial charge in [0, 0.05) is 24.4 Å². The number of hydrogen-bond donors (Lipinski definition) is 1. The van der Waals surface area contributed by atoms with Gasteiger partial charge in [0.1, 0.15) is 12.4 Å². The Balaban J connectivity index is 1.62.